The summed E-state index contributed by atoms with van der Waals surface area (Å²) >= 11 is -0.981. The number of hydrogen-bond acceptors (Lipinski definition) is 20. The summed E-state index contributed by atoms with van der Waals surface area (Å²) in [6.45, 7) is 41.4. The maximum atomic E-state index is 10.7. The monoisotopic (exact) mass is 1130 g/mol. The van der Waals surface area contributed by atoms with Crippen LogP contribution in [0.2, 0.25) is 0 Å². The molecular formula is C50H97Al4O20+. The van der Waals surface area contributed by atoms with Crippen LogP contribution in [0.3, 0.4) is 0 Å². The Balaban J connectivity index is -0.000000112. The van der Waals surface area contributed by atoms with E-state index in [-0.39, 0.29) is 99.5 Å². The second kappa shape index (κ2) is 67.5. The van der Waals surface area contributed by atoms with Gasteiger partial charge in [-0.3, -0.25) is 24.0 Å². The maximum Gasteiger partial charge on any atom is 0.313 e. The first kappa shape index (κ1) is 89.0. The van der Waals surface area contributed by atoms with Crippen LogP contribution >= 0.6 is 0 Å². The minimum Gasteiger partial charge on any atom is -0.550 e. The molecule has 0 heterocycles. The van der Waals surface area contributed by atoms with Crippen molar-refractivity contribution in [1.29, 1.82) is 0 Å². The molecule has 0 aliphatic carbocycles. The molecule has 428 valence electrons. The number of carboxylic acids is 3. The van der Waals surface area contributed by atoms with Crippen LogP contribution in [-0.4, -0.2) is 166 Å². The summed E-state index contributed by atoms with van der Waals surface area (Å²) in [5.74, 6) is -5.19. The fourth-order valence-corrected chi connectivity index (χ4v) is 5.07. The molecule has 0 aliphatic rings. The van der Waals surface area contributed by atoms with Crippen LogP contribution in [0, 0.1) is 0 Å². The predicted molar refractivity (Wildman–Crippen MR) is 283 cm³/mol. The zero-order valence-electron chi connectivity index (χ0n) is 49.3. The Bertz CT molecular complexity index is 1230. The van der Waals surface area contributed by atoms with Crippen molar-refractivity contribution in [2.45, 2.75) is 271 Å². The summed E-state index contributed by atoms with van der Waals surface area (Å²) < 4.78 is 46.4. The number of carbonyl (C=O) groups excluding carboxylic acids is 8. The first-order valence-electron chi connectivity index (χ1n) is 25.5. The average molecular weight is 1130 g/mol. The van der Waals surface area contributed by atoms with Crippen molar-refractivity contribution in [2.24, 2.45) is 0 Å². The van der Waals surface area contributed by atoms with Crippen LogP contribution in [-0.2, 0) is 73.4 Å². The van der Waals surface area contributed by atoms with E-state index in [1.807, 2.05) is 132 Å². The molecule has 74 heavy (non-hydrogen) atoms. The third-order valence-corrected chi connectivity index (χ3v) is 11.8. The summed E-state index contributed by atoms with van der Waals surface area (Å²) in [7, 11) is 0. The van der Waals surface area contributed by atoms with Gasteiger partial charge in [-0.1, -0.05) is 40.5 Å². The molecule has 0 saturated carbocycles. The second-order valence-corrected chi connectivity index (χ2v) is 20.7. The molecule has 24 heteroatoms. The van der Waals surface area contributed by atoms with Gasteiger partial charge in [0, 0.05) is 56.4 Å². The Kier molecular flexibility index (Phi) is 81.1. The summed E-state index contributed by atoms with van der Waals surface area (Å²) in [6.07, 6.45) is 6.25. The maximum absolute atomic E-state index is 10.7. The molecule has 0 amide bonds. The second-order valence-electron chi connectivity index (χ2n) is 17.8. The van der Waals surface area contributed by atoms with Crippen molar-refractivity contribution in [1.82, 2.24) is 0 Å². The summed E-state index contributed by atoms with van der Waals surface area (Å²) in [5.41, 5.74) is 0. The number of rotatable bonds is 33. The normalized spacial score (nSPS) is 9.74. The molecule has 20 nitrogen and oxygen atoms in total. The third kappa shape index (κ3) is 123. The number of Topliss-reactive ketones (excluding diaryl/α,β-unsaturated/α-hetero) is 4. The van der Waals surface area contributed by atoms with Crippen molar-refractivity contribution in [3.8, 4) is 0 Å². The molecule has 0 unspecified atom stereocenters. The molecule has 0 radical (unpaired) electrons. The molecule has 0 rings (SSSR count). The van der Waals surface area contributed by atoms with Gasteiger partial charge in [0.05, 0.1) is 6.61 Å². The molecule has 0 aromatic rings. The number of esters is 1. The molecule has 0 atom stereocenters. The standard InChI is InChI=1S/C8H14O3.C7H12O3.C6H10O3.C5H8O3.8C3H7O.4Al/c1-3-4-5-11-8(10)6-7(2)9;1-2-3-4-6(8)5-7(9)10;1-2-3-5(7)4-6(8)9;1-2-4(6)3-5(7)8;8*1-3(2)4;;;;/h3-6H2,1-2H3;2-5H2,1H3,(H,9,10);2-4H2,1H3,(H,8,9);2-3H2,1H3,(H,7,8);8*3H,1-2H3;;;;/q;;;;8*-1;4*+3/p-3. The van der Waals surface area contributed by atoms with Crippen LogP contribution in [0.4, 0.5) is 0 Å². The van der Waals surface area contributed by atoms with Crippen molar-refractivity contribution in [3.05, 3.63) is 0 Å². The molecule has 0 fully saturated rings. The van der Waals surface area contributed by atoms with Gasteiger partial charge in [0.25, 0.3) is 0 Å². The van der Waals surface area contributed by atoms with Gasteiger partial charge < -0.3 is 34.4 Å². The summed E-state index contributed by atoms with van der Waals surface area (Å²) in [6, 6.07) is 0. The molecular weight excluding hydrogens is 1030 g/mol. The zero-order chi connectivity index (χ0) is 59.6. The molecule has 0 aliphatic heterocycles. The zero-order valence-corrected chi connectivity index (χ0v) is 53.9. The van der Waals surface area contributed by atoms with Gasteiger partial charge in [-0.15, -0.1) is 0 Å². The number of unbranched alkanes of at least 4 members (excludes halogenated alkanes) is 2. The van der Waals surface area contributed by atoms with Gasteiger partial charge >= 0.3 is 259 Å². The number of aliphatic carboxylic acids is 3. The van der Waals surface area contributed by atoms with E-state index in [4.69, 9.17) is 35.0 Å². The van der Waals surface area contributed by atoms with E-state index in [0.29, 0.717) is 74.7 Å². The Morgan fingerprint density at radius 3 is 0.811 bits per heavy atom. The average Bonchev–Trinajstić information content (AvgIpc) is 3.22. The van der Waals surface area contributed by atoms with E-state index >= 15 is 0 Å². The molecule has 0 spiro atoms. The largest absolute Gasteiger partial charge is 0.550 e. The van der Waals surface area contributed by atoms with Crippen LogP contribution in [0.25, 0.3) is 0 Å². The van der Waals surface area contributed by atoms with Gasteiger partial charge in [0.2, 0.25) is 0 Å². The van der Waals surface area contributed by atoms with Gasteiger partial charge in [-0.05, 0) is 26.2 Å². The van der Waals surface area contributed by atoms with Gasteiger partial charge in [-0.25, -0.2) is 0 Å². The van der Waals surface area contributed by atoms with E-state index in [2.05, 4.69) is 0 Å². The van der Waals surface area contributed by atoms with Crippen LogP contribution < -0.4 is 15.3 Å². The summed E-state index contributed by atoms with van der Waals surface area (Å²) in [5, 5.41) is 29.2. The SMILES string of the molecule is CC(C)[O][Al+][O]C(C)C.CC(C)[O][Al+][O]C(C)C.CC(C)[O][Al+][O]C(C)C.CC(C)[O][Al+][O]C(C)C.CCC(=O)CC(=O)[O-].CCCC(=O)CC(=O)[O-].CCCCC(=O)CC(=O)[O-].CCCCOC(=O)CC(C)=O. The van der Waals surface area contributed by atoms with Crippen molar-refractivity contribution in [3.63, 3.8) is 0 Å². The Morgan fingerprint density at radius 1 is 0.365 bits per heavy atom. The number of carbonyl (C=O) groups is 8. The van der Waals surface area contributed by atoms with Crippen LogP contribution in [0.5, 0.6) is 0 Å². The Labute approximate surface area is 474 Å². The van der Waals surface area contributed by atoms with Gasteiger partial charge in [-0.2, -0.15) is 0 Å². The van der Waals surface area contributed by atoms with E-state index in [1.54, 1.807) is 6.92 Å². The number of ether oxygens (including phenoxy) is 1. The van der Waals surface area contributed by atoms with Crippen LogP contribution in [0.15, 0.2) is 0 Å². The smallest absolute Gasteiger partial charge is 0.313 e. The minimum absolute atomic E-state index is 0.0935. The molecule has 0 aromatic carbocycles. The van der Waals surface area contributed by atoms with Crippen LogP contribution in [0.1, 0.15) is 222 Å². The molecule has 0 saturated heterocycles. The number of carboxylic acid groups (broad SMARTS) is 3. The minimum atomic E-state index is -1.29. The van der Waals surface area contributed by atoms with Crippen molar-refractivity contribution in [2.75, 3.05) is 6.61 Å². The quantitative estimate of drug-likeness (QED) is 0.0349. The first-order chi connectivity index (χ1) is 34.2. The fraction of sp³-hybridized carbons (Fsp3) is 0.840. The Hall–Kier alpha value is -1.63. The van der Waals surface area contributed by atoms with E-state index in [9.17, 15) is 53.7 Å². The first-order valence-corrected chi connectivity index (χ1v) is 29.2. The Morgan fingerprint density at radius 2 is 0.622 bits per heavy atom. The van der Waals surface area contributed by atoms with Crippen molar-refractivity contribution >= 4 is 111 Å². The third-order valence-electron chi connectivity index (χ3n) is 6.53. The molecule has 0 bridgehead atoms. The molecule has 0 aromatic heterocycles. The predicted octanol–water partition coefficient (Wildman–Crippen LogP) is 5.28. The molecule has 0 N–H and O–H groups in total. The summed E-state index contributed by atoms with van der Waals surface area (Å²) in [4.78, 5) is 81.5. The van der Waals surface area contributed by atoms with Gasteiger partial charge in [0.15, 0.2) is 0 Å². The van der Waals surface area contributed by atoms with Gasteiger partial charge in [0.1, 0.15) is 29.6 Å². The fourth-order valence-electron chi connectivity index (χ4n) is 3.04. The van der Waals surface area contributed by atoms with E-state index < -0.39 is 43.1 Å². The van der Waals surface area contributed by atoms with Crippen molar-refractivity contribution < 1.29 is 88.7 Å². The number of hydrogen-bond donors (Lipinski definition) is 0. The van der Waals surface area contributed by atoms with E-state index in [0.717, 1.165) is 25.7 Å². The number of ketones is 4. The van der Waals surface area contributed by atoms with E-state index in [1.165, 1.54) is 6.92 Å². The topological polar surface area (TPSA) is 289 Å².